The topological polar surface area (TPSA) is 69.6 Å². The molecule has 0 unspecified atom stereocenters. The van der Waals surface area contributed by atoms with Crippen LogP contribution in [0.1, 0.15) is 42.8 Å². The molecule has 0 aliphatic heterocycles. The summed E-state index contributed by atoms with van der Waals surface area (Å²) in [5.41, 5.74) is 1.05. The minimum Gasteiger partial charge on any atom is -0.354 e. The van der Waals surface area contributed by atoms with Crippen molar-refractivity contribution in [3.63, 3.8) is 0 Å². The average Bonchev–Trinajstić information content (AvgIpc) is 3.00. The fourth-order valence-corrected chi connectivity index (χ4v) is 3.66. The van der Waals surface area contributed by atoms with Crippen LogP contribution in [-0.2, 0) is 11.3 Å². The molecule has 1 amide bonds. The molecule has 0 radical (unpaired) electrons. The van der Waals surface area contributed by atoms with E-state index >= 15 is 0 Å². The van der Waals surface area contributed by atoms with Crippen molar-refractivity contribution in [3.05, 3.63) is 16.1 Å². The summed E-state index contributed by atoms with van der Waals surface area (Å²) >= 11 is 1.66. The first kappa shape index (κ1) is 18.7. The predicted octanol–water partition coefficient (Wildman–Crippen LogP) is 2.16. The molecule has 1 fully saturated rings. The van der Waals surface area contributed by atoms with Crippen molar-refractivity contribution >= 4 is 23.2 Å². The SMILES string of the molecule is CN=C(NCCNC(=O)C1CCCCC1)N(C)Cc1csc(C)n1. The van der Waals surface area contributed by atoms with Crippen LogP contribution in [0.25, 0.3) is 0 Å². The third kappa shape index (κ3) is 5.78. The Balaban J connectivity index is 1.68. The monoisotopic (exact) mass is 351 g/mol. The lowest BCUT2D eigenvalue weighted by Crippen LogP contribution is -2.43. The molecule has 0 atom stereocenters. The standard InChI is InChI=1S/C17H29N5OS/c1-13-21-15(12-24-13)11-22(3)17(18-2)20-10-9-19-16(23)14-7-5-4-6-8-14/h12,14H,4-11H2,1-3H3,(H,18,20)(H,19,23). The molecule has 1 aliphatic rings. The summed E-state index contributed by atoms with van der Waals surface area (Å²) in [4.78, 5) is 22.9. The van der Waals surface area contributed by atoms with Gasteiger partial charge in [-0.2, -0.15) is 0 Å². The minimum absolute atomic E-state index is 0.206. The molecular weight excluding hydrogens is 322 g/mol. The number of carbonyl (C=O) groups excluding carboxylic acids is 1. The zero-order valence-electron chi connectivity index (χ0n) is 15.0. The van der Waals surface area contributed by atoms with Gasteiger partial charge in [0.05, 0.1) is 17.2 Å². The highest BCUT2D eigenvalue weighted by Gasteiger charge is 2.20. The van der Waals surface area contributed by atoms with Crippen LogP contribution in [0, 0.1) is 12.8 Å². The van der Waals surface area contributed by atoms with E-state index in [1.54, 1.807) is 18.4 Å². The maximum atomic E-state index is 12.1. The predicted molar refractivity (Wildman–Crippen MR) is 99.3 cm³/mol. The summed E-state index contributed by atoms with van der Waals surface area (Å²) in [6, 6.07) is 0. The molecule has 1 aliphatic carbocycles. The van der Waals surface area contributed by atoms with Crippen LogP contribution in [0.5, 0.6) is 0 Å². The smallest absolute Gasteiger partial charge is 0.223 e. The summed E-state index contributed by atoms with van der Waals surface area (Å²) in [6.07, 6.45) is 5.72. The van der Waals surface area contributed by atoms with Gasteiger partial charge in [-0.15, -0.1) is 11.3 Å². The van der Waals surface area contributed by atoms with Gasteiger partial charge in [-0.05, 0) is 19.8 Å². The van der Waals surface area contributed by atoms with Crippen molar-refractivity contribution in [2.75, 3.05) is 27.2 Å². The summed E-state index contributed by atoms with van der Waals surface area (Å²) in [6.45, 7) is 4.03. The molecule has 24 heavy (non-hydrogen) atoms. The lowest BCUT2D eigenvalue weighted by molar-refractivity contribution is -0.125. The Hall–Kier alpha value is -1.63. The van der Waals surface area contributed by atoms with Gasteiger partial charge >= 0.3 is 0 Å². The number of hydrogen-bond acceptors (Lipinski definition) is 4. The normalized spacial score (nSPS) is 16.0. The molecule has 134 valence electrons. The Kier molecular flexibility index (Phi) is 7.49. The number of nitrogens with one attached hydrogen (secondary N) is 2. The van der Waals surface area contributed by atoms with Gasteiger partial charge in [0.15, 0.2) is 5.96 Å². The van der Waals surface area contributed by atoms with E-state index in [-0.39, 0.29) is 11.8 Å². The summed E-state index contributed by atoms with van der Waals surface area (Å²) in [7, 11) is 3.76. The van der Waals surface area contributed by atoms with Crippen molar-refractivity contribution in [1.82, 2.24) is 20.5 Å². The van der Waals surface area contributed by atoms with E-state index in [1.807, 2.05) is 18.9 Å². The highest BCUT2D eigenvalue weighted by Crippen LogP contribution is 2.23. The number of amides is 1. The zero-order valence-corrected chi connectivity index (χ0v) is 15.8. The van der Waals surface area contributed by atoms with E-state index < -0.39 is 0 Å². The molecule has 2 rings (SSSR count). The van der Waals surface area contributed by atoms with Crippen molar-refractivity contribution in [2.45, 2.75) is 45.6 Å². The first-order valence-electron chi connectivity index (χ1n) is 8.70. The minimum atomic E-state index is 0.206. The molecule has 6 nitrogen and oxygen atoms in total. The number of aromatic nitrogens is 1. The number of rotatable bonds is 6. The van der Waals surface area contributed by atoms with Crippen LogP contribution in [-0.4, -0.2) is 48.9 Å². The Morgan fingerprint density at radius 3 is 2.67 bits per heavy atom. The van der Waals surface area contributed by atoms with Crippen molar-refractivity contribution in [2.24, 2.45) is 10.9 Å². The Morgan fingerprint density at radius 2 is 2.04 bits per heavy atom. The van der Waals surface area contributed by atoms with Crippen LogP contribution < -0.4 is 10.6 Å². The van der Waals surface area contributed by atoms with Gasteiger partial charge < -0.3 is 15.5 Å². The van der Waals surface area contributed by atoms with Crippen molar-refractivity contribution in [3.8, 4) is 0 Å². The molecule has 1 aromatic heterocycles. The van der Waals surface area contributed by atoms with Gasteiger partial charge in [0, 0.05) is 38.5 Å². The summed E-state index contributed by atoms with van der Waals surface area (Å²) in [5.74, 6) is 1.24. The van der Waals surface area contributed by atoms with Crippen LogP contribution in [0.4, 0.5) is 0 Å². The molecule has 1 saturated carbocycles. The third-order valence-corrected chi connectivity index (χ3v) is 5.14. The fourth-order valence-electron chi connectivity index (χ4n) is 3.05. The lowest BCUT2D eigenvalue weighted by Gasteiger charge is -2.22. The average molecular weight is 352 g/mol. The summed E-state index contributed by atoms with van der Waals surface area (Å²) < 4.78 is 0. The summed E-state index contributed by atoms with van der Waals surface area (Å²) in [5, 5.41) is 9.48. The highest BCUT2D eigenvalue weighted by molar-refractivity contribution is 7.09. The number of aryl methyl sites for hydroxylation is 1. The molecule has 0 bridgehead atoms. The van der Waals surface area contributed by atoms with Gasteiger partial charge in [-0.1, -0.05) is 19.3 Å². The molecule has 0 aromatic carbocycles. The number of nitrogens with zero attached hydrogens (tertiary/aromatic N) is 3. The van der Waals surface area contributed by atoms with Crippen LogP contribution in [0.3, 0.4) is 0 Å². The molecule has 1 aromatic rings. The second-order valence-electron chi connectivity index (χ2n) is 6.31. The van der Waals surface area contributed by atoms with E-state index in [0.717, 1.165) is 36.0 Å². The van der Waals surface area contributed by atoms with E-state index in [2.05, 4.69) is 26.0 Å². The zero-order chi connectivity index (χ0) is 17.4. The van der Waals surface area contributed by atoms with Gasteiger partial charge in [0.2, 0.25) is 5.91 Å². The molecule has 0 saturated heterocycles. The first-order valence-corrected chi connectivity index (χ1v) is 9.58. The van der Waals surface area contributed by atoms with Gasteiger partial charge in [0.1, 0.15) is 0 Å². The largest absolute Gasteiger partial charge is 0.354 e. The first-order chi connectivity index (χ1) is 11.6. The third-order valence-electron chi connectivity index (χ3n) is 4.32. The van der Waals surface area contributed by atoms with Crippen molar-refractivity contribution < 1.29 is 4.79 Å². The van der Waals surface area contributed by atoms with E-state index in [0.29, 0.717) is 13.1 Å². The quantitative estimate of drug-likeness (QED) is 0.468. The van der Waals surface area contributed by atoms with Crippen LogP contribution >= 0.6 is 11.3 Å². The molecular formula is C17H29N5OS. The molecule has 2 N–H and O–H groups in total. The Bertz CT molecular complexity index is 551. The highest BCUT2D eigenvalue weighted by atomic mass is 32.1. The maximum Gasteiger partial charge on any atom is 0.223 e. The Labute approximate surface area is 148 Å². The van der Waals surface area contributed by atoms with Crippen LogP contribution in [0.2, 0.25) is 0 Å². The molecule has 1 heterocycles. The fraction of sp³-hybridized carbons (Fsp3) is 0.706. The second kappa shape index (κ2) is 9.61. The molecule has 0 spiro atoms. The maximum absolute atomic E-state index is 12.1. The number of aliphatic imine (C=N–C) groups is 1. The van der Waals surface area contributed by atoms with Gasteiger partial charge in [-0.3, -0.25) is 9.79 Å². The lowest BCUT2D eigenvalue weighted by atomic mass is 9.89. The number of thiazole rings is 1. The van der Waals surface area contributed by atoms with Crippen molar-refractivity contribution in [1.29, 1.82) is 0 Å². The Morgan fingerprint density at radius 1 is 1.33 bits per heavy atom. The number of hydrogen-bond donors (Lipinski definition) is 2. The van der Waals surface area contributed by atoms with Crippen LogP contribution in [0.15, 0.2) is 10.4 Å². The number of carbonyl (C=O) groups is 1. The van der Waals surface area contributed by atoms with Gasteiger partial charge in [0.25, 0.3) is 0 Å². The van der Waals surface area contributed by atoms with E-state index in [9.17, 15) is 4.79 Å². The number of guanidine groups is 1. The van der Waals surface area contributed by atoms with E-state index in [1.165, 1.54) is 19.3 Å². The second-order valence-corrected chi connectivity index (χ2v) is 7.38. The van der Waals surface area contributed by atoms with E-state index in [4.69, 9.17) is 0 Å². The molecule has 7 heteroatoms. The van der Waals surface area contributed by atoms with Gasteiger partial charge in [-0.25, -0.2) is 4.98 Å².